The minimum atomic E-state index is -0.382. The molecule has 3 aromatic rings. The minimum Gasteiger partial charge on any atom is -0.288 e. The molecule has 0 atom stereocenters. The highest BCUT2D eigenvalue weighted by atomic mass is 35.5. The van der Waals surface area contributed by atoms with E-state index in [2.05, 4.69) is 26.6 Å². The van der Waals surface area contributed by atoms with Crippen molar-refractivity contribution in [3.63, 3.8) is 0 Å². The molecule has 0 unspecified atom stereocenters. The smallest absolute Gasteiger partial charge is 0.277 e. The number of hydrogen-bond acceptors (Lipinski definition) is 4. The average molecular weight is 345 g/mol. The van der Waals surface area contributed by atoms with Gasteiger partial charge in [-0.2, -0.15) is 5.10 Å². The quantitative estimate of drug-likeness (QED) is 0.772. The molecule has 3 rings (SSSR count). The Morgan fingerprint density at radius 3 is 2.96 bits per heavy atom. The summed E-state index contributed by atoms with van der Waals surface area (Å²) in [6.45, 7) is 5.05. The van der Waals surface area contributed by atoms with Crippen molar-refractivity contribution in [2.75, 3.05) is 5.32 Å². The fourth-order valence-corrected chi connectivity index (χ4v) is 2.64. The van der Waals surface area contributed by atoms with Crippen LogP contribution < -0.4 is 5.32 Å². The third kappa shape index (κ3) is 3.46. The molecule has 1 N–H and O–H groups in total. The van der Waals surface area contributed by atoms with Gasteiger partial charge in [0.05, 0.1) is 17.8 Å². The highest BCUT2D eigenvalue weighted by Crippen LogP contribution is 2.16. The molecule has 0 saturated carbocycles. The number of hydrogen-bond donors (Lipinski definition) is 1. The zero-order valence-corrected chi connectivity index (χ0v) is 14.2. The number of anilines is 1. The second-order valence-electron chi connectivity index (χ2n) is 5.37. The molecule has 1 aromatic carbocycles. The van der Waals surface area contributed by atoms with Gasteiger partial charge in [-0.25, -0.2) is 9.67 Å². The molecule has 0 fully saturated rings. The van der Waals surface area contributed by atoms with E-state index >= 15 is 0 Å². The number of aryl methyl sites for hydroxylation is 2. The summed E-state index contributed by atoms with van der Waals surface area (Å²) in [5, 5.41) is 11.3. The predicted molar refractivity (Wildman–Crippen MR) is 91.2 cm³/mol. The van der Waals surface area contributed by atoms with Crippen LogP contribution in [0.5, 0.6) is 0 Å². The molecule has 0 aliphatic rings. The maximum atomic E-state index is 12.3. The lowest BCUT2D eigenvalue weighted by molar-refractivity contribution is 0.101. The Morgan fingerprint density at radius 1 is 1.38 bits per heavy atom. The monoisotopic (exact) mass is 344 g/mol. The third-order valence-electron chi connectivity index (χ3n) is 3.50. The van der Waals surface area contributed by atoms with Crippen molar-refractivity contribution in [1.82, 2.24) is 24.5 Å². The van der Waals surface area contributed by atoms with E-state index in [1.54, 1.807) is 11.0 Å². The summed E-state index contributed by atoms with van der Waals surface area (Å²) in [5.41, 5.74) is 2.60. The van der Waals surface area contributed by atoms with Gasteiger partial charge in [0.2, 0.25) is 5.95 Å². The highest BCUT2D eigenvalue weighted by molar-refractivity contribution is 6.34. The van der Waals surface area contributed by atoms with E-state index in [9.17, 15) is 4.79 Å². The summed E-state index contributed by atoms with van der Waals surface area (Å²) in [7, 11) is 0. The van der Waals surface area contributed by atoms with Gasteiger partial charge in [-0.1, -0.05) is 41.4 Å². The Labute approximate surface area is 144 Å². The van der Waals surface area contributed by atoms with Crippen LogP contribution in [0.3, 0.4) is 0 Å². The summed E-state index contributed by atoms with van der Waals surface area (Å²) in [5.74, 6) is -0.153. The van der Waals surface area contributed by atoms with Crippen molar-refractivity contribution in [3.05, 3.63) is 58.6 Å². The number of aromatic nitrogens is 5. The molecule has 24 heavy (non-hydrogen) atoms. The number of amides is 1. The number of benzene rings is 1. The topological polar surface area (TPSA) is 77.6 Å². The van der Waals surface area contributed by atoms with Crippen LogP contribution in [-0.2, 0) is 13.1 Å². The Morgan fingerprint density at radius 2 is 2.21 bits per heavy atom. The molecule has 0 aliphatic heterocycles. The Kier molecular flexibility index (Phi) is 4.61. The van der Waals surface area contributed by atoms with Gasteiger partial charge < -0.3 is 0 Å². The standard InChI is InChI=1S/C16H17ClN6O/c1-3-23-14(13(17)8-19-23)15(24)20-16-18-10-22(21-16)9-12-6-4-5-11(2)7-12/h4-8,10H,3,9H2,1-2H3,(H,20,21,24). The molecule has 8 heteroatoms. The summed E-state index contributed by atoms with van der Waals surface area (Å²) in [6, 6.07) is 8.14. The van der Waals surface area contributed by atoms with E-state index in [-0.39, 0.29) is 11.9 Å². The van der Waals surface area contributed by atoms with Crippen molar-refractivity contribution in [1.29, 1.82) is 0 Å². The van der Waals surface area contributed by atoms with Gasteiger partial charge in [-0.15, -0.1) is 5.10 Å². The van der Waals surface area contributed by atoms with Crippen LogP contribution in [0.2, 0.25) is 5.02 Å². The van der Waals surface area contributed by atoms with Crippen LogP contribution in [0.4, 0.5) is 5.95 Å². The zero-order chi connectivity index (χ0) is 17.1. The molecular formula is C16H17ClN6O. The van der Waals surface area contributed by atoms with Crippen molar-refractivity contribution < 1.29 is 4.79 Å². The molecule has 1 amide bonds. The molecule has 124 valence electrons. The van der Waals surface area contributed by atoms with E-state index in [0.717, 1.165) is 5.56 Å². The lowest BCUT2D eigenvalue weighted by Crippen LogP contribution is -2.18. The van der Waals surface area contributed by atoms with Gasteiger partial charge in [0.1, 0.15) is 12.0 Å². The van der Waals surface area contributed by atoms with Gasteiger partial charge in [-0.05, 0) is 19.4 Å². The molecule has 0 spiro atoms. The Balaban J connectivity index is 1.72. The minimum absolute atomic E-state index is 0.229. The molecule has 7 nitrogen and oxygen atoms in total. The Bertz CT molecular complexity index is 869. The van der Waals surface area contributed by atoms with Gasteiger partial charge in [0, 0.05) is 6.54 Å². The molecule has 0 saturated heterocycles. The predicted octanol–water partition coefficient (Wildman–Crippen LogP) is 2.76. The van der Waals surface area contributed by atoms with Crippen molar-refractivity contribution in [2.24, 2.45) is 0 Å². The van der Waals surface area contributed by atoms with Gasteiger partial charge in [0.15, 0.2) is 0 Å². The molecule has 0 bridgehead atoms. The number of rotatable bonds is 5. The number of carbonyl (C=O) groups is 1. The summed E-state index contributed by atoms with van der Waals surface area (Å²) >= 11 is 6.02. The normalized spacial score (nSPS) is 10.8. The van der Waals surface area contributed by atoms with Gasteiger partial charge in [0.25, 0.3) is 5.91 Å². The summed E-state index contributed by atoms with van der Waals surface area (Å²) in [6.07, 6.45) is 3.03. The van der Waals surface area contributed by atoms with Crippen LogP contribution >= 0.6 is 11.6 Å². The van der Waals surface area contributed by atoms with Crippen LogP contribution in [0.25, 0.3) is 0 Å². The summed E-state index contributed by atoms with van der Waals surface area (Å²) < 4.78 is 3.20. The number of halogens is 1. The molecular weight excluding hydrogens is 328 g/mol. The number of nitrogens with one attached hydrogen (secondary N) is 1. The van der Waals surface area contributed by atoms with Crippen LogP contribution in [0, 0.1) is 6.92 Å². The lowest BCUT2D eigenvalue weighted by Gasteiger charge is -2.04. The van der Waals surface area contributed by atoms with Crippen molar-refractivity contribution >= 4 is 23.5 Å². The number of carbonyl (C=O) groups excluding carboxylic acids is 1. The summed E-state index contributed by atoms with van der Waals surface area (Å²) in [4.78, 5) is 16.5. The first-order valence-corrected chi connectivity index (χ1v) is 7.92. The van der Waals surface area contributed by atoms with E-state index in [1.165, 1.54) is 16.4 Å². The van der Waals surface area contributed by atoms with Gasteiger partial charge >= 0.3 is 0 Å². The first kappa shape index (κ1) is 16.2. The third-order valence-corrected chi connectivity index (χ3v) is 3.77. The lowest BCUT2D eigenvalue weighted by atomic mass is 10.1. The molecule has 2 aromatic heterocycles. The zero-order valence-electron chi connectivity index (χ0n) is 13.4. The van der Waals surface area contributed by atoms with E-state index < -0.39 is 0 Å². The van der Waals surface area contributed by atoms with E-state index in [1.807, 2.05) is 32.0 Å². The fraction of sp³-hybridized carbons (Fsp3) is 0.250. The molecule has 2 heterocycles. The van der Waals surface area contributed by atoms with Gasteiger partial charge in [-0.3, -0.25) is 14.8 Å². The van der Waals surface area contributed by atoms with Crippen molar-refractivity contribution in [3.8, 4) is 0 Å². The SMILES string of the molecule is CCn1ncc(Cl)c1C(=O)Nc1ncn(Cc2cccc(C)c2)n1. The van der Waals surface area contributed by atoms with E-state index in [0.29, 0.717) is 23.8 Å². The van der Waals surface area contributed by atoms with Crippen LogP contribution in [0.1, 0.15) is 28.5 Å². The first-order valence-electron chi connectivity index (χ1n) is 7.54. The maximum absolute atomic E-state index is 12.3. The molecule has 0 aliphatic carbocycles. The first-order chi connectivity index (χ1) is 11.6. The second-order valence-corrected chi connectivity index (χ2v) is 5.77. The van der Waals surface area contributed by atoms with Crippen LogP contribution in [-0.4, -0.2) is 30.5 Å². The fourth-order valence-electron chi connectivity index (χ4n) is 2.41. The van der Waals surface area contributed by atoms with E-state index in [4.69, 9.17) is 11.6 Å². The second kappa shape index (κ2) is 6.84. The van der Waals surface area contributed by atoms with Crippen molar-refractivity contribution in [2.45, 2.75) is 26.9 Å². The largest absolute Gasteiger partial charge is 0.288 e. The average Bonchev–Trinajstić information content (AvgIpc) is 3.13. The Hall–Kier alpha value is -2.67. The number of nitrogens with zero attached hydrogens (tertiary/aromatic N) is 5. The van der Waals surface area contributed by atoms with Crippen LogP contribution in [0.15, 0.2) is 36.8 Å². The molecule has 0 radical (unpaired) electrons. The maximum Gasteiger partial charge on any atom is 0.277 e. The highest BCUT2D eigenvalue weighted by Gasteiger charge is 2.18.